The van der Waals surface area contributed by atoms with E-state index >= 15 is 0 Å². The number of aliphatic carboxylic acids is 1. The largest absolute Gasteiger partial charge is 0.480 e. The zero-order valence-electron chi connectivity index (χ0n) is 11.7. The number of aliphatic hydroxyl groups is 1. The Hall–Kier alpha value is -1.39. The third-order valence-electron chi connectivity index (χ3n) is 4.02. The van der Waals surface area contributed by atoms with Crippen molar-refractivity contribution in [2.75, 3.05) is 13.1 Å². The molecule has 110 valence electrons. The summed E-state index contributed by atoms with van der Waals surface area (Å²) in [7, 11) is 0. The summed E-state index contributed by atoms with van der Waals surface area (Å²) >= 11 is 0. The van der Waals surface area contributed by atoms with Gasteiger partial charge >= 0.3 is 5.97 Å². The molecule has 0 radical (unpaired) electrons. The van der Waals surface area contributed by atoms with Crippen LogP contribution in [-0.2, 0) is 4.79 Å². The van der Waals surface area contributed by atoms with Crippen molar-refractivity contribution in [2.45, 2.75) is 44.2 Å². The monoisotopic (exact) mass is 277 g/mol. The summed E-state index contributed by atoms with van der Waals surface area (Å²) in [5.74, 6) is -0.786. The zero-order chi connectivity index (χ0) is 14.4. The maximum atomic E-state index is 11.0. The number of carboxylic acids is 1. The first-order valence-electron chi connectivity index (χ1n) is 7.35. The minimum absolute atomic E-state index is 0.0756. The van der Waals surface area contributed by atoms with Gasteiger partial charge in [-0.1, -0.05) is 43.2 Å². The van der Waals surface area contributed by atoms with Crippen LogP contribution in [-0.4, -0.2) is 40.2 Å². The lowest BCUT2D eigenvalue weighted by atomic mass is 9.98. The smallest absolute Gasteiger partial charge is 0.317 e. The van der Waals surface area contributed by atoms with Gasteiger partial charge in [-0.2, -0.15) is 0 Å². The molecule has 20 heavy (non-hydrogen) atoms. The Labute approximate surface area is 120 Å². The molecule has 0 aromatic heterocycles. The summed E-state index contributed by atoms with van der Waals surface area (Å²) in [5, 5.41) is 19.4. The number of rotatable bonds is 5. The van der Waals surface area contributed by atoms with Gasteiger partial charge in [0.2, 0.25) is 0 Å². The second-order valence-corrected chi connectivity index (χ2v) is 5.53. The van der Waals surface area contributed by atoms with Crippen molar-refractivity contribution in [3.05, 3.63) is 35.9 Å². The fourth-order valence-electron chi connectivity index (χ4n) is 2.95. The van der Waals surface area contributed by atoms with Crippen molar-refractivity contribution in [1.82, 2.24) is 4.90 Å². The lowest BCUT2D eigenvalue weighted by Crippen LogP contribution is -2.39. The van der Waals surface area contributed by atoms with Crippen molar-refractivity contribution in [1.29, 1.82) is 0 Å². The lowest BCUT2D eigenvalue weighted by molar-refractivity contribution is -0.139. The highest BCUT2D eigenvalue weighted by molar-refractivity contribution is 5.69. The standard InChI is InChI=1S/C16H23NO3/c18-15(13-7-3-1-4-8-13)11-14-9-5-2-6-10-17(14)12-16(19)20/h1,3-4,7-8,14-15,18H,2,5-6,9-12H2,(H,19,20)/t14-,15-/m1/s1. The molecule has 4 nitrogen and oxygen atoms in total. The van der Waals surface area contributed by atoms with E-state index in [-0.39, 0.29) is 12.6 Å². The average molecular weight is 277 g/mol. The molecule has 2 N–H and O–H groups in total. The van der Waals surface area contributed by atoms with E-state index in [2.05, 4.69) is 0 Å². The highest BCUT2D eigenvalue weighted by Gasteiger charge is 2.25. The van der Waals surface area contributed by atoms with Crippen molar-refractivity contribution in [2.24, 2.45) is 0 Å². The number of benzene rings is 1. The van der Waals surface area contributed by atoms with E-state index in [0.29, 0.717) is 6.42 Å². The van der Waals surface area contributed by atoms with E-state index in [1.807, 2.05) is 35.2 Å². The van der Waals surface area contributed by atoms with E-state index in [0.717, 1.165) is 37.8 Å². The van der Waals surface area contributed by atoms with Crippen molar-refractivity contribution in [3.8, 4) is 0 Å². The normalized spacial score (nSPS) is 22.1. The number of carboxylic acid groups (broad SMARTS) is 1. The molecule has 0 spiro atoms. The summed E-state index contributed by atoms with van der Waals surface area (Å²) in [5.41, 5.74) is 0.909. The number of carbonyl (C=O) groups is 1. The van der Waals surface area contributed by atoms with Gasteiger partial charge in [0.05, 0.1) is 12.6 Å². The highest BCUT2D eigenvalue weighted by Crippen LogP contribution is 2.26. The number of nitrogens with zero attached hydrogens (tertiary/aromatic N) is 1. The van der Waals surface area contributed by atoms with Crippen LogP contribution in [0.3, 0.4) is 0 Å². The van der Waals surface area contributed by atoms with Gasteiger partial charge in [-0.25, -0.2) is 0 Å². The van der Waals surface area contributed by atoms with Crippen LogP contribution < -0.4 is 0 Å². The van der Waals surface area contributed by atoms with Crippen molar-refractivity contribution < 1.29 is 15.0 Å². The van der Waals surface area contributed by atoms with Crippen LogP contribution in [0.5, 0.6) is 0 Å². The van der Waals surface area contributed by atoms with Crippen LogP contribution in [0.4, 0.5) is 0 Å². The highest BCUT2D eigenvalue weighted by atomic mass is 16.4. The third-order valence-corrected chi connectivity index (χ3v) is 4.02. The maximum absolute atomic E-state index is 11.0. The molecule has 0 unspecified atom stereocenters. The van der Waals surface area contributed by atoms with Crippen LogP contribution in [0, 0.1) is 0 Å². The van der Waals surface area contributed by atoms with Gasteiger partial charge in [-0.3, -0.25) is 9.69 Å². The SMILES string of the molecule is O=C(O)CN1CCCCC[C@@H]1C[C@@H](O)c1ccccc1. The molecule has 0 bridgehead atoms. The molecule has 0 amide bonds. The third kappa shape index (κ3) is 4.32. The van der Waals surface area contributed by atoms with Crippen molar-refractivity contribution >= 4 is 5.97 Å². The first-order valence-corrected chi connectivity index (χ1v) is 7.35. The molecule has 1 aliphatic rings. The second kappa shape index (κ2) is 7.41. The van der Waals surface area contributed by atoms with Crippen LogP contribution in [0.1, 0.15) is 43.8 Å². The molecule has 2 atom stereocenters. The summed E-state index contributed by atoms with van der Waals surface area (Å²) in [4.78, 5) is 13.0. The van der Waals surface area contributed by atoms with Gasteiger partial charge < -0.3 is 10.2 Å². The zero-order valence-corrected chi connectivity index (χ0v) is 11.7. The quantitative estimate of drug-likeness (QED) is 0.868. The molecular formula is C16H23NO3. The molecule has 1 aromatic carbocycles. The van der Waals surface area contributed by atoms with Gasteiger partial charge in [-0.05, 0) is 31.4 Å². The Bertz CT molecular complexity index is 421. The summed E-state index contributed by atoms with van der Waals surface area (Å²) in [6, 6.07) is 9.76. The summed E-state index contributed by atoms with van der Waals surface area (Å²) < 4.78 is 0. The van der Waals surface area contributed by atoms with E-state index in [1.54, 1.807) is 0 Å². The van der Waals surface area contributed by atoms with Gasteiger partial charge in [0.1, 0.15) is 0 Å². The Morgan fingerprint density at radius 2 is 2.00 bits per heavy atom. The van der Waals surface area contributed by atoms with Gasteiger partial charge in [0.15, 0.2) is 0 Å². The molecule has 4 heteroatoms. The fraction of sp³-hybridized carbons (Fsp3) is 0.562. The molecule has 1 fully saturated rings. The van der Waals surface area contributed by atoms with Crippen LogP contribution in [0.25, 0.3) is 0 Å². The first kappa shape index (κ1) is 15.0. The molecule has 2 rings (SSSR count). The lowest BCUT2D eigenvalue weighted by Gasteiger charge is -2.30. The van der Waals surface area contributed by atoms with E-state index in [1.165, 1.54) is 0 Å². The minimum atomic E-state index is -0.786. The van der Waals surface area contributed by atoms with Crippen molar-refractivity contribution in [3.63, 3.8) is 0 Å². The van der Waals surface area contributed by atoms with Crippen LogP contribution in [0.15, 0.2) is 30.3 Å². The van der Waals surface area contributed by atoms with Gasteiger partial charge in [0, 0.05) is 6.04 Å². The Morgan fingerprint density at radius 3 is 2.70 bits per heavy atom. The summed E-state index contributed by atoms with van der Waals surface area (Å²) in [6.45, 7) is 0.894. The molecule has 1 saturated heterocycles. The predicted octanol–water partition coefficient (Wildman–Crippen LogP) is 2.44. The molecule has 0 saturated carbocycles. The van der Waals surface area contributed by atoms with E-state index in [9.17, 15) is 9.90 Å². The second-order valence-electron chi connectivity index (χ2n) is 5.53. The van der Waals surface area contributed by atoms with E-state index in [4.69, 9.17) is 5.11 Å². The topological polar surface area (TPSA) is 60.8 Å². The molecule has 1 heterocycles. The van der Waals surface area contributed by atoms with E-state index < -0.39 is 12.1 Å². The number of aliphatic hydroxyl groups excluding tert-OH is 1. The summed E-state index contributed by atoms with van der Waals surface area (Å²) in [6.07, 6.45) is 4.37. The fourth-order valence-corrected chi connectivity index (χ4v) is 2.95. The molecular weight excluding hydrogens is 254 g/mol. The molecule has 0 aliphatic carbocycles. The predicted molar refractivity (Wildman–Crippen MR) is 77.5 cm³/mol. The van der Waals surface area contributed by atoms with Crippen LogP contribution >= 0.6 is 0 Å². The Morgan fingerprint density at radius 1 is 1.25 bits per heavy atom. The molecule has 1 aliphatic heterocycles. The maximum Gasteiger partial charge on any atom is 0.317 e. The minimum Gasteiger partial charge on any atom is -0.480 e. The Balaban J connectivity index is 2.01. The number of hydrogen-bond acceptors (Lipinski definition) is 3. The Kier molecular flexibility index (Phi) is 5.56. The average Bonchev–Trinajstić information content (AvgIpc) is 2.65. The van der Waals surface area contributed by atoms with Crippen LogP contribution in [0.2, 0.25) is 0 Å². The van der Waals surface area contributed by atoms with Gasteiger partial charge in [0.25, 0.3) is 0 Å². The molecule has 1 aromatic rings. The first-order chi connectivity index (χ1) is 9.66. The van der Waals surface area contributed by atoms with Gasteiger partial charge in [-0.15, -0.1) is 0 Å². The number of hydrogen-bond donors (Lipinski definition) is 2. The number of likely N-dealkylation sites (tertiary alicyclic amines) is 1.